The van der Waals surface area contributed by atoms with Crippen molar-refractivity contribution < 1.29 is 8.78 Å². The summed E-state index contributed by atoms with van der Waals surface area (Å²) in [6, 6.07) is 11.1. The molecule has 98 valence electrons. The molecule has 0 spiro atoms. The van der Waals surface area contributed by atoms with Crippen molar-refractivity contribution in [3.63, 3.8) is 0 Å². The average molecular weight is 269 g/mol. The molecule has 3 nitrogen and oxygen atoms in total. The molecule has 0 fully saturated rings. The van der Waals surface area contributed by atoms with Crippen molar-refractivity contribution in [2.45, 2.75) is 0 Å². The molecule has 0 aliphatic heterocycles. The lowest BCUT2D eigenvalue weighted by Crippen LogP contribution is -1.92. The molecular formula is C15H9F2N3. The fourth-order valence-corrected chi connectivity index (χ4v) is 1.77. The smallest absolute Gasteiger partial charge is 0.141 e. The minimum absolute atomic E-state index is 0.398. The van der Waals surface area contributed by atoms with Crippen LogP contribution in [0, 0.1) is 11.6 Å². The Balaban J connectivity index is 2.01. The van der Waals surface area contributed by atoms with Gasteiger partial charge in [-0.3, -0.25) is 9.97 Å². The molecule has 0 aliphatic rings. The number of rotatable bonds is 2. The molecule has 0 aliphatic carbocycles. The minimum Gasteiger partial charge on any atom is -0.252 e. The van der Waals surface area contributed by atoms with Gasteiger partial charge in [0.1, 0.15) is 11.6 Å². The highest BCUT2D eigenvalue weighted by Crippen LogP contribution is 2.20. The van der Waals surface area contributed by atoms with Crippen LogP contribution in [0.2, 0.25) is 0 Å². The van der Waals surface area contributed by atoms with Gasteiger partial charge in [-0.05, 0) is 36.4 Å². The first-order chi connectivity index (χ1) is 9.72. The standard InChI is InChI=1S/C15H9F2N3/c16-10-4-6-12(18-8-10)14-2-1-3-15(20-14)13-7-5-11(17)9-19-13/h1-9H. The molecule has 0 amide bonds. The van der Waals surface area contributed by atoms with Crippen LogP contribution in [0.25, 0.3) is 22.8 Å². The van der Waals surface area contributed by atoms with Crippen molar-refractivity contribution in [3.8, 4) is 22.8 Å². The minimum atomic E-state index is -0.398. The summed E-state index contributed by atoms with van der Waals surface area (Å²) in [4.78, 5) is 12.4. The Morgan fingerprint density at radius 3 is 1.50 bits per heavy atom. The summed E-state index contributed by atoms with van der Waals surface area (Å²) < 4.78 is 25.7. The molecule has 0 unspecified atom stereocenters. The van der Waals surface area contributed by atoms with E-state index in [1.807, 2.05) is 0 Å². The van der Waals surface area contributed by atoms with Crippen molar-refractivity contribution in [1.82, 2.24) is 15.0 Å². The molecule has 0 saturated carbocycles. The molecule has 3 rings (SSSR count). The van der Waals surface area contributed by atoms with Crippen LogP contribution < -0.4 is 0 Å². The maximum atomic E-state index is 12.9. The number of halogens is 2. The number of pyridine rings is 3. The largest absolute Gasteiger partial charge is 0.252 e. The first kappa shape index (κ1) is 12.3. The highest BCUT2D eigenvalue weighted by molar-refractivity contribution is 5.61. The quantitative estimate of drug-likeness (QED) is 0.715. The van der Waals surface area contributed by atoms with Gasteiger partial charge >= 0.3 is 0 Å². The lowest BCUT2D eigenvalue weighted by molar-refractivity contribution is 0.621. The van der Waals surface area contributed by atoms with E-state index in [2.05, 4.69) is 15.0 Å². The van der Waals surface area contributed by atoms with Crippen molar-refractivity contribution in [2.24, 2.45) is 0 Å². The first-order valence-corrected chi connectivity index (χ1v) is 5.93. The molecular weight excluding hydrogens is 260 g/mol. The van der Waals surface area contributed by atoms with Gasteiger partial charge in [-0.2, -0.15) is 0 Å². The maximum absolute atomic E-state index is 12.9. The SMILES string of the molecule is Fc1ccc(-c2cccc(-c3ccc(F)cn3)n2)nc1. The van der Waals surface area contributed by atoms with Crippen LogP contribution in [-0.2, 0) is 0 Å². The zero-order valence-electron chi connectivity index (χ0n) is 10.3. The Morgan fingerprint density at radius 1 is 0.600 bits per heavy atom. The summed E-state index contributed by atoms with van der Waals surface area (Å²) in [6.07, 6.45) is 2.28. The third-order valence-corrected chi connectivity index (χ3v) is 2.73. The second-order valence-corrected chi connectivity index (χ2v) is 4.13. The van der Waals surface area contributed by atoms with Gasteiger partial charge < -0.3 is 0 Å². The predicted molar refractivity (Wildman–Crippen MR) is 70.6 cm³/mol. The van der Waals surface area contributed by atoms with Crippen LogP contribution >= 0.6 is 0 Å². The molecule has 3 aromatic heterocycles. The van der Waals surface area contributed by atoms with Crippen LogP contribution in [-0.4, -0.2) is 15.0 Å². The van der Waals surface area contributed by atoms with Crippen LogP contribution in [0.1, 0.15) is 0 Å². The summed E-state index contributed by atoms with van der Waals surface area (Å²) in [5.41, 5.74) is 2.34. The molecule has 0 aromatic carbocycles. The fourth-order valence-electron chi connectivity index (χ4n) is 1.77. The predicted octanol–water partition coefficient (Wildman–Crippen LogP) is 3.48. The van der Waals surface area contributed by atoms with Crippen molar-refractivity contribution in [2.75, 3.05) is 0 Å². The van der Waals surface area contributed by atoms with Crippen molar-refractivity contribution >= 4 is 0 Å². The lowest BCUT2D eigenvalue weighted by Gasteiger charge is -2.03. The van der Waals surface area contributed by atoms with E-state index in [1.165, 1.54) is 12.1 Å². The van der Waals surface area contributed by atoms with Gasteiger partial charge in [0.25, 0.3) is 0 Å². The van der Waals surface area contributed by atoms with Gasteiger partial charge in [-0.25, -0.2) is 13.8 Å². The summed E-state index contributed by atoms with van der Waals surface area (Å²) >= 11 is 0. The number of nitrogens with zero attached hydrogens (tertiary/aromatic N) is 3. The van der Waals surface area contributed by atoms with E-state index < -0.39 is 11.6 Å². The van der Waals surface area contributed by atoms with E-state index >= 15 is 0 Å². The first-order valence-electron chi connectivity index (χ1n) is 5.93. The molecule has 20 heavy (non-hydrogen) atoms. The average Bonchev–Trinajstić information content (AvgIpc) is 2.49. The van der Waals surface area contributed by atoms with E-state index in [0.29, 0.717) is 22.8 Å². The highest BCUT2D eigenvalue weighted by atomic mass is 19.1. The molecule has 3 heterocycles. The number of aromatic nitrogens is 3. The highest BCUT2D eigenvalue weighted by Gasteiger charge is 2.05. The fraction of sp³-hybridized carbons (Fsp3) is 0. The normalized spacial score (nSPS) is 10.5. The van der Waals surface area contributed by atoms with Gasteiger partial charge in [0, 0.05) is 0 Å². The molecule has 0 bridgehead atoms. The Morgan fingerprint density at radius 2 is 1.10 bits per heavy atom. The molecule has 5 heteroatoms. The molecule has 0 saturated heterocycles. The van der Waals surface area contributed by atoms with E-state index in [0.717, 1.165) is 12.4 Å². The van der Waals surface area contributed by atoms with Gasteiger partial charge in [0.15, 0.2) is 0 Å². The Kier molecular flexibility index (Phi) is 3.16. The molecule has 0 atom stereocenters. The zero-order valence-corrected chi connectivity index (χ0v) is 10.3. The summed E-state index contributed by atoms with van der Waals surface area (Å²) in [5.74, 6) is -0.796. The molecule has 3 aromatic rings. The third kappa shape index (κ3) is 2.51. The number of hydrogen-bond donors (Lipinski definition) is 0. The van der Waals surface area contributed by atoms with E-state index in [1.54, 1.807) is 30.3 Å². The Labute approximate surface area is 114 Å². The van der Waals surface area contributed by atoms with Crippen molar-refractivity contribution in [3.05, 3.63) is 66.5 Å². The Hall–Kier alpha value is -2.69. The van der Waals surface area contributed by atoms with Crippen LogP contribution in [0.3, 0.4) is 0 Å². The van der Waals surface area contributed by atoms with E-state index in [4.69, 9.17) is 0 Å². The van der Waals surface area contributed by atoms with E-state index in [9.17, 15) is 8.78 Å². The van der Waals surface area contributed by atoms with Gasteiger partial charge in [0.2, 0.25) is 0 Å². The van der Waals surface area contributed by atoms with Gasteiger partial charge in [-0.15, -0.1) is 0 Å². The van der Waals surface area contributed by atoms with Crippen LogP contribution in [0.5, 0.6) is 0 Å². The summed E-state index contributed by atoms with van der Waals surface area (Å²) in [6.45, 7) is 0. The van der Waals surface area contributed by atoms with Crippen LogP contribution in [0.4, 0.5) is 8.78 Å². The lowest BCUT2D eigenvalue weighted by atomic mass is 10.2. The molecule has 0 N–H and O–H groups in total. The number of hydrogen-bond acceptors (Lipinski definition) is 3. The molecule has 0 radical (unpaired) electrons. The topological polar surface area (TPSA) is 38.7 Å². The van der Waals surface area contributed by atoms with Gasteiger partial charge in [0.05, 0.1) is 35.2 Å². The summed E-state index contributed by atoms with van der Waals surface area (Å²) in [5, 5.41) is 0. The second kappa shape index (κ2) is 5.13. The monoisotopic (exact) mass is 269 g/mol. The zero-order chi connectivity index (χ0) is 13.9. The summed E-state index contributed by atoms with van der Waals surface area (Å²) in [7, 11) is 0. The van der Waals surface area contributed by atoms with Crippen molar-refractivity contribution in [1.29, 1.82) is 0 Å². The second-order valence-electron chi connectivity index (χ2n) is 4.13. The van der Waals surface area contributed by atoms with Crippen LogP contribution in [0.15, 0.2) is 54.9 Å². The third-order valence-electron chi connectivity index (χ3n) is 2.73. The van der Waals surface area contributed by atoms with E-state index in [-0.39, 0.29) is 0 Å². The van der Waals surface area contributed by atoms with Gasteiger partial charge in [-0.1, -0.05) is 6.07 Å². The Bertz CT molecular complexity index is 664. The maximum Gasteiger partial charge on any atom is 0.141 e.